The van der Waals surface area contributed by atoms with Crippen LogP contribution in [0.5, 0.6) is 0 Å². The summed E-state index contributed by atoms with van der Waals surface area (Å²) < 4.78 is 1.68. The highest BCUT2D eigenvalue weighted by atomic mass is 35.5. The zero-order chi connectivity index (χ0) is 14.0. The molecule has 1 N–H and O–H groups in total. The predicted octanol–water partition coefficient (Wildman–Crippen LogP) is 1.36. The lowest BCUT2D eigenvalue weighted by atomic mass is 9.91. The normalized spacial score (nSPS) is 18.2. The van der Waals surface area contributed by atoms with E-state index in [4.69, 9.17) is 11.6 Å². The molecule has 20 heavy (non-hydrogen) atoms. The van der Waals surface area contributed by atoms with Gasteiger partial charge < -0.3 is 10.0 Å². The smallest absolute Gasteiger partial charge is 0.0877 e. The monoisotopic (exact) mass is 293 g/mol. The molecule has 3 heterocycles. The maximum atomic E-state index is 10.6. The van der Waals surface area contributed by atoms with E-state index in [-0.39, 0.29) is 0 Å². The zero-order valence-electron chi connectivity index (χ0n) is 11.0. The third-order valence-corrected chi connectivity index (χ3v) is 4.01. The Bertz CT molecular complexity index is 566. The van der Waals surface area contributed by atoms with Gasteiger partial charge in [0.15, 0.2) is 0 Å². The first-order chi connectivity index (χ1) is 9.66. The lowest BCUT2D eigenvalue weighted by Gasteiger charge is -2.39. The average Bonchev–Trinajstić information content (AvgIpc) is 2.93. The molecule has 2 aromatic rings. The number of halogens is 1. The van der Waals surface area contributed by atoms with Crippen LogP contribution in [0.4, 0.5) is 5.69 Å². The number of piperidine rings is 1. The Morgan fingerprint density at radius 1 is 1.30 bits per heavy atom. The van der Waals surface area contributed by atoms with Crippen molar-refractivity contribution in [2.45, 2.75) is 25.0 Å². The number of rotatable bonds is 3. The Kier molecular flexibility index (Phi) is 3.58. The maximum Gasteiger partial charge on any atom is 0.0877 e. The van der Waals surface area contributed by atoms with E-state index < -0.39 is 5.60 Å². The average molecular weight is 294 g/mol. The van der Waals surface area contributed by atoms with E-state index in [0.29, 0.717) is 24.4 Å². The van der Waals surface area contributed by atoms with E-state index in [1.807, 2.05) is 6.07 Å². The van der Waals surface area contributed by atoms with Crippen LogP contribution in [0.25, 0.3) is 0 Å². The van der Waals surface area contributed by atoms with Gasteiger partial charge in [0.1, 0.15) is 0 Å². The molecule has 1 saturated heterocycles. The molecule has 0 amide bonds. The van der Waals surface area contributed by atoms with Crippen molar-refractivity contribution >= 4 is 17.3 Å². The van der Waals surface area contributed by atoms with Gasteiger partial charge >= 0.3 is 0 Å². The summed E-state index contributed by atoms with van der Waals surface area (Å²) in [4.78, 5) is 6.17. The molecule has 2 aromatic heterocycles. The van der Waals surface area contributed by atoms with Crippen LogP contribution < -0.4 is 4.90 Å². The lowest BCUT2D eigenvalue weighted by molar-refractivity contribution is -0.00345. The molecule has 0 atom stereocenters. The third-order valence-electron chi connectivity index (χ3n) is 3.71. The number of nitrogens with zero attached hydrogens (tertiary/aromatic N) is 5. The van der Waals surface area contributed by atoms with Crippen LogP contribution in [0.15, 0.2) is 30.9 Å². The molecule has 1 aliphatic rings. The van der Waals surface area contributed by atoms with Gasteiger partial charge in [-0.05, 0) is 18.9 Å². The van der Waals surface area contributed by atoms with Crippen molar-refractivity contribution in [3.05, 3.63) is 35.9 Å². The quantitative estimate of drug-likeness (QED) is 0.925. The first kappa shape index (κ1) is 13.3. The lowest BCUT2D eigenvalue weighted by Crippen LogP contribution is -2.47. The molecular weight excluding hydrogens is 278 g/mol. The minimum absolute atomic E-state index is 0.477. The van der Waals surface area contributed by atoms with E-state index in [1.165, 1.54) is 0 Å². The summed E-state index contributed by atoms with van der Waals surface area (Å²) in [5.74, 6) is 0. The summed E-state index contributed by atoms with van der Waals surface area (Å²) in [6.07, 6.45) is 8.11. The number of aliphatic hydroxyl groups is 1. The van der Waals surface area contributed by atoms with Crippen LogP contribution in [-0.4, -0.2) is 43.8 Å². The zero-order valence-corrected chi connectivity index (χ0v) is 11.7. The third kappa shape index (κ3) is 2.76. The molecule has 1 fully saturated rings. The molecule has 7 heteroatoms. The summed E-state index contributed by atoms with van der Waals surface area (Å²) in [6, 6.07) is 1.91. The van der Waals surface area contributed by atoms with Crippen LogP contribution in [-0.2, 0) is 6.54 Å². The molecule has 0 radical (unpaired) electrons. The second-order valence-electron chi connectivity index (χ2n) is 5.14. The molecule has 0 unspecified atom stereocenters. The Morgan fingerprint density at radius 3 is 2.75 bits per heavy atom. The molecule has 0 aliphatic carbocycles. The van der Waals surface area contributed by atoms with Gasteiger partial charge in [0, 0.05) is 31.7 Å². The molecule has 6 nitrogen and oxygen atoms in total. The highest BCUT2D eigenvalue weighted by molar-refractivity contribution is 6.33. The van der Waals surface area contributed by atoms with E-state index in [2.05, 4.69) is 20.2 Å². The van der Waals surface area contributed by atoms with Gasteiger partial charge in [-0.3, -0.25) is 4.98 Å². The molecule has 3 rings (SSSR count). The largest absolute Gasteiger partial charge is 0.388 e. The first-order valence-electron chi connectivity index (χ1n) is 6.57. The van der Waals surface area contributed by atoms with Gasteiger partial charge in [-0.2, -0.15) is 0 Å². The Labute approximate surface area is 122 Å². The van der Waals surface area contributed by atoms with Crippen molar-refractivity contribution in [3.8, 4) is 0 Å². The van der Waals surface area contributed by atoms with Crippen molar-refractivity contribution in [2.75, 3.05) is 18.0 Å². The number of hydrogen-bond acceptors (Lipinski definition) is 5. The number of aromatic nitrogens is 4. The van der Waals surface area contributed by atoms with Crippen molar-refractivity contribution < 1.29 is 5.11 Å². The number of anilines is 1. The highest BCUT2D eigenvalue weighted by Gasteiger charge is 2.33. The van der Waals surface area contributed by atoms with Gasteiger partial charge in [-0.25, -0.2) is 4.68 Å². The standard InChI is InChI=1S/C13H16ClN5O/c14-11-9-15-4-1-12(11)18-6-2-13(20,3-7-18)10-19-8-5-16-17-19/h1,4-5,8-9,20H,2-3,6-7,10H2. The second kappa shape index (κ2) is 5.38. The van der Waals surface area contributed by atoms with Gasteiger partial charge in [0.25, 0.3) is 0 Å². The molecule has 0 bridgehead atoms. The molecule has 0 aromatic carbocycles. The van der Waals surface area contributed by atoms with Gasteiger partial charge in [-0.15, -0.1) is 5.10 Å². The predicted molar refractivity (Wildman–Crippen MR) is 75.7 cm³/mol. The summed E-state index contributed by atoms with van der Waals surface area (Å²) in [5.41, 5.74) is 0.244. The Balaban J connectivity index is 1.66. The fourth-order valence-corrected chi connectivity index (χ4v) is 2.80. The summed E-state index contributed by atoms with van der Waals surface area (Å²) in [7, 11) is 0. The van der Waals surface area contributed by atoms with Crippen LogP contribution in [0.2, 0.25) is 5.02 Å². The van der Waals surface area contributed by atoms with Gasteiger partial charge in [0.2, 0.25) is 0 Å². The Hall–Kier alpha value is -1.66. The SMILES string of the molecule is OC1(Cn2ccnn2)CCN(c2ccncc2Cl)CC1. The minimum atomic E-state index is -0.732. The van der Waals surface area contributed by atoms with Gasteiger partial charge in [0.05, 0.1) is 29.1 Å². The minimum Gasteiger partial charge on any atom is -0.388 e. The van der Waals surface area contributed by atoms with Crippen LogP contribution in [0.3, 0.4) is 0 Å². The fraction of sp³-hybridized carbons (Fsp3) is 0.462. The molecular formula is C13H16ClN5O. The topological polar surface area (TPSA) is 67.1 Å². The summed E-state index contributed by atoms with van der Waals surface area (Å²) in [6.45, 7) is 1.99. The number of pyridine rings is 1. The van der Waals surface area contributed by atoms with Crippen molar-refractivity contribution in [1.82, 2.24) is 20.0 Å². The van der Waals surface area contributed by atoms with Crippen LogP contribution in [0, 0.1) is 0 Å². The summed E-state index contributed by atoms with van der Waals surface area (Å²) in [5, 5.41) is 18.9. The molecule has 0 spiro atoms. The van der Waals surface area contributed by atoms with E-state index in [1.54, 1.807) is 29.5 Å². The van der Waals surface area contributed by atoms with Crippen LogP contribution in [0.1, 0.15) is 12.8 Å². The van der Waals surface area contributed by atoms with Crippen molar-refractivity contribution in [3.63, 3.8) is 0 Å². The maximum absolute atomic E-state index is 10.6. The van der Waals surface area contributed by atoms with E-state index in [0.717, 1.165) is 18.8 Å². The van der Waals surface area contributed by atoms with Gasteiger partial charge in [-0.1, -0.05) is 16.8 Å². The Morgan fingerprint density at radius 2 is 2.10 bits per heavy atom. The van der Waals surface area contributed by atoms with Crippen molar-refractivity contribution in [1.29, 1.82) is 0 Å². The fourth-order valence-electron chi connectivity index (χ4n) is 2.56. The highest BCUT2D eigenvalue weighted by Crippen LogP contribution is 2.31. The van der Waals surface area contributed by atoms with E-state index >= 15 is 0 Å². The number of hydrogen-bond donors (Lipinski definition) is 1. The molecule has 0 saturated carbocycles. The van der Waals surface area contributed by atoms with Crippen LogP contribution >= 0.6 is 11.6 Å². The second-order valence-corrected chi connectivity index (χ2v) is 5.55. The van der Waals surface area contributed by atoms with Crippen molar-refractivity contribution in [2.24, 2.45) is 0 Å². The molecule has 106 valence electrons. The summed E-state index contributed by atoms with van der Waals surface area (Å²) >= 11 is 6.15. The first-order valence-corrected chi connectivity index (χ1v) is 6.95. The molecule has 1 aliphatic heterocycles. The van der Waals surface area contributed by atoms with E-state index in [9.17, 15) is 5.11 Å².